The highest BCUT2D eigenvalue weighted by Gasteiger charge is 2.16. The number of hydrogen-bond donors (Lipinski definition) is 2. The lowest BCUT2D eigenvalue weighted by atomic mass is 10.0. The zero-order valence-electron chi connectivity index (χ0n) is 15.8. The minimum atomic E-state index is -0.160. The molecule has 0 atom stereocenters. The molecule has 1 amide bonds. The summed E-state index contributed by atoms with van der Waals surface area (Å²) >= 11 is 12.1. The summed E-state index contributed by atoms with van der Waals surface area (Å²) < 4.78 is 1.78. The lowest BCUT2D eigenvalue weighted by molar-refractivity contribution is 0.102. The van der Waals surface area contributed by atoms with Crippen molar-refractivity contribution < 1.29 is 4.79 Å². The first-order valence-electron chi connectivity index (χ1n) is 9.11. The van der Waals surface area contributed by atoms with E-state index < -0.39 is 0 Å². The molecule has 0 unspecified atom stereocenters. The van der Waals surface area contributed by atoms with Crippen molar-refractivity contribution in [1.29, 1.82) is 0 Å². The van der Waals surface area contributed by atoms with Crippen LogP contribution in [-0.2, 0) is 19.5 Å². The van der Waals surface area contributed by atoms with Crippen molar-refractivity contribution in [2.24, 2.45) is 0 Å². The van der Waals surface area contributed by atoms with E-state index in [1.807, 2.05) is 25.1 Å². The van der Waals surface area contributed by atoms with Gasteiger partial charge in [-0.05, 0) is 60.8 Å². The average molecular weight is 452 g/mol. The molecule has 0 radical (unpaired) electrons. The maximum Gasteiger partial charge on any atom is 0.259 e. The second-order valence-electron chi connectivity index (χ2n) is 6.91. The van der Waals surface area contributed by atoms with Crippen LogP contribution in [0.15, 0.2) is 42.6 Å². The molecule has 2 N–H and O–H groups in total. The van der Waals surface area contributed by atoms with Crippen LogP contribution >= 0.6 is 35.6 Å². The van der Waals surface area contributed by atoms with Gasteiger partial charge in [-0.25, -0.2) is 0 Å². The van der Waals surface area contributed by atoms with E-state index in [1.165, 1.54) is 11.1 Å². The summed E-state index contributed by atoms with van der Waals surface area (Å²) in [4.78, 5) is 12.8. The number of carbonyl (C=O) groups excluding carboxylic acids is 1. The fourth-order valence-corrected chi connectivity index (χ4v) is 3.71. The SMILES string of the molecule is Cc1c(C(=O)Nc2ccc3c(c2)CCNC3)cnn1Cc1ccc(Cl)c(Cl)c1.Cl. The highest BCUT2D eigenvalue weighted by atomic mass is 35.5. The Bertz CT molecular complexity index is 1050. The van der Waals surface area contributed by atoms with Gasteiger partial charge in [0.15, 0.2) is 0 Å². The van der Waals surface area contributed by atoms with Crippen molar-refractivity contribution in [1.82, 2.24) is 15.1 Å². The van der Waals surface area contributed by atoms with E-state index in [-0.39, 0.29) is 18.3 Å². The fourth-order valence-electron chi connectivity index (χ4n) is 3.39. The van der Waals surface area contributed by atoms with Gasteiger partial charge in [0.1, 0.15) is 0 Å². The molecule has 1 aliphatic heterocycles. The Balaban J connectivity index is 0.00000240. The second-order valence-corrected chi connectivity index (χ2v) is 7.73. The topological polar surface area (TPSA) is 59.0 Å². The number of anilines is 1. The van der Waals surface area contributed by atoms with Crippen molar-refractivity contribution >= 4 is 47.2 Å². The standard InChI is InChI=1S/C21H20Cl2N4O.ClH/c1-13-18(11-25-27(13)12-14-2-5-19(22)20(23)8-14)21(28)26-17-4-3-16-10-24-7-6-15(16)9-17;/h2-5,8-9,11,24H,6-7,10,12H2,1H3,(H,26,28);1H. The molecule has 3 aromatic rings. The number of aromatic nitrogens is 2. The number of nitrogens with one attached hydrogen (secondary N) is 2. The van der Waals surface area contributed by atoms with Gasteiger partial charge in [0.05, 0.1) is 28.4 Å². The van der Waals surface area contributed by atoms with Gasteiger partial charge in [0, 0.05) is 17.9 Å². The predicted octanol–water partition coefficient (Wildman–Crippen LogP) is 4.87. The average Bonchev–Trinajstić information content (AvgIpc) is 3.05. The highest BCUT2D eigenvalue weighted by molar-refractivity contribution is 6.42. The van der Waals surface area contributed by atoms with E-state index in [0.29, 0.717) is 22.2 Å². The Hall–Kier alpha value is -2.05. The molecule has 0 aliphatic carbocycles. The first-order chi connectivity index (χ1) is 13.5. The third kappa shape index (κ3) is 4.75. The normalized spacial score (nSPS) is 12.8. The van der Waals surface area contributed by atoms with Gasteiger partial charge in [-0.15, -0.1) is 12.4 Å². The van der Waals surface area contributed by atoms with Crippen LogP contribution in [-0.4, -0.2) is 22.2 Å². The van der Waals surface area contributed by atoms with Crippen LogP contribution in [0.3, 0.4) is 0 Å². The monoisotopic (exact) mass is 450 g/mol. The molecule has 4 rings (SSSR count). The molecule has 0 spiro atoms. The van der Waals surface area contributed by atoms with Crippen LogP contribution in [0.2, 0.25) is 10.0 Å². The summed E-state index contributed by atoms with van der Waals surface area (Å²) in [5.41, 5.74) is 5.70. The summed E-state index contributed by atoms with van der Waals surface area (Å²) in [6, 6.07) is 11.5. The number of benzene rings is 2. The fraction of sp³-hybridized carbons (Fsp3) is 0.238. The molecular formula is C21H21Cl3N4O. The predicted molar refractivity (Wildman–Crippen MR) is 120 cm³/mol. The van der Waals surface area contributed by atoms with Crippen LogP contribution in [0, 0.1) is 6.92 Å². The summed E-state index contributed by atoms with van der Waals surface area (Å²) in [5.74, 6) is -0.160. The summed E-state index contributed by atoms with van der Waals surface area (Å²) in [6.07, 6.45) is 2.57. The van der Waals surface area contributed by atoms with Crippen molar-refractivity contribution in [2.75, 3.05) is 11.9 Å². The molecule has 0 saturated heterocycles. The van der Waals surface area contributed by atoms with E-state index in [9.17, 15) is 4.79 Å². The third-order valence-corrected chi connectivity index (χ3v) is 5.75. The number of hydrogen-bond acceptors (Lipinski definition) is 3. The number of fused-ring (bicyclic) bond motifs is 1. The molecule has 0 bridgehead atoms. The smallest absolute Gasteiger partial charge is 0.259 e. The maximum absolute atomic E-state index is 12.8. The van der Waals surface area contributed by atoms with Gasteiger partial charge < -0.3 is 10.6 Å². The van der Waals surface area contributed by atoms with Crippen LogP contribution in [0.5, 0.6) is 0 Å². The zero-order chi connectivity index (χ0) is 19.7. The lowest BCUT2D eigenvalue weighted by Crippen LogP contribution is -2.23. The largest absolute Gasteiger partial charge is 0.322 e. The van der Waals surface area contributed by atoms with E-state index in [4.69, 9.17) is 23.2 Å². The molecule has 1 aromatic heterocycles. The first kappa shape index (κ1) is 21.7. The van der Waals surface area contributed by atoms with Gasteiger partial charge in [-0.3, -0.25) is 9.48 Å². The minimum Gasteiger partial charge on any atom is -0.322 e. The Kier molecular flexibility index (Phi) is 6.85. The number of carbonyl (C=O) groups is 1. The van der Waals surface area contributed by atoms with Crippen LogP contribution in [0.4, 0.5) is 5.69 Å². The van der Waals surface area contributed by atoms with Crippen molar-refractivity contribution in [3.05, 3.63) is 80.6 Å². The van der Waals surface area contributed by atoms with Gasteiger partial charge in [-0.2, -0.15) is 5.10 Å². The zero-order valence-corrected chi connectivity index (χ0v) is 18.2. The van der Waals surface area contributed by atoms with Crippen molar-refractivity contribution in [3.63, 3.8) is 0 Å². The molecule has 2 heterocycles. The Labute approximate surface area is 185 Å². The summed E-state index contributed by atoms with van der Waals surface area (Å²) in [5, 5.41) is 11.7. The van der Waals surface area contributed by atoms with E-state index >= 15 is 0 Å². The molecule has 0 saturated carbocycles. The van der Waals surface area contributed by atoms with Gasteiger partial charge in [0.2, 0.25) is 0 Å². The van der Waals surface area contributed by atoms with Crippen LogP contribution in [0.1, 0.15) is 32.7 Å². The van der Waals surface area contributed by atoms with Gasteiger partial charge in [0.25, 0.3) is 5.91 Å². The van der Waals surface area contributed by atoms with Gasteiger partial charge >= 0.3 is 0 Å². The number of rotatable bonds is 4. The van der Waals surface area contributed by atoms with E-state index in [0.717, 1.165) is 36.5 Å². The molecule has 0 fully saturated rings. The van der Waals surface area contributed by atoms with E-state index in [2.05, 4.69) is 27.9 Å². The Morgan fingerprint density at radius 2 is 2.00 bits per heavy atom. The molecule has 1 aliphatic rings. The molecule has 29 heavy (non-hydrogen) atoms. The quantitative estimate of drug-likeness (QED) is 0.595. The van der Waals surface area contributed by atoms with Crippen LogP contribution < -0.4 is 10.6 Å². The van der Waals surface area contributed by atoms with Crippen molar-refractivity contribution in [2.45, 2.75) is 26.4 Å². The molecule has 8 heteroatoms. The first-order valence-corrected chi connectivity index (χ1v) is 9.87. The molecule has 2 aromatic carbocycles. The molecule has 5 nitrogen and oxygen atoms in total. The van der Waals surface area contributed by atoms with Crippen molar-refractivity contribution in [3.8, 4) is 0 Å². The minimum absolute atomic E-state index is 0. The Morgan fingerprint density at radius 1 is 1.17 bits per heavy atom. The third-order valence-electron chi connectivity index (χ3n) is 5.01. The van der Waals surface area contributed by atoms with E-state index in [1.54, 1.807) is 16.9 Å². The second kappa shape index (κ2) is 9.18. The highest BCUT2D eigenvalue weighted by Crippen LogP contribution is 2.24. The number of nitrogens with zero attached hydrogens (tertiary/aromatic N) is 2. The Morgan fingerprint density at radius 3 is 2.79 bits per heavy atom. The summed E-state index contributed by atoms with van der Waals surface area (Å²) in [6.45, 7) is 4.25. The molecular weight excluding hydrogens is 431 g/mol. The molecule has 152 valence electrons. The number of amides is 1. The van der Waals surface area contributed by atoms with Gasteiger partial charge in [-0.1, -0.05) is 35.3 Å². The lowest BCUT2D eigenvalue weighted by Gasteiger charge is -2.18. The maximum atomic E-state index is 12.8. The van der Waals surface area contributed by atoms with Crippen LogP contribution in [0.25, 0.3) is 0 Å². The summed E-state index contributed by atoms with van der Waals surface area (Å²) in [7, 11) is 0. The number of halogens is 3.